The summed E-state index contributed by atoms with van der Waals surface area (Å²) in [6, 6.07) is 7.86. The Morgan fingerprint density at radius 2 is 2.00 bits per heavy atom. The van der Waals surface area contributed by atoms with Crippen LogP contribution in [0.1, 0.15) is 5.56 Å². The van der Waals surface area contributed by atoms with Gasteiger partial charge >= 0.3 is 0 Å². The van der Waals surface area contributed by atoms with Crippen molar-refractivity contribution in [1.82, 2.24) is 4.98 Å². The standard InChI is InChI=1S/C15H14BrClN2O2/c16-12-8-11(17)9-19-15(12)18-4-3-10-1-2-13-14(7-10)21-6-5-20-13/h1-2,7-9H,3-6H2,(H,18,19). The van der Waals surface area contributed by atoms with Crippen molar-refractivity contribution in [3.63, 3.8) is 0 Å². The number of nitrogens with one attached hydrogen (secondary N) is 1. The highest BCUT2D eigenvalue weighted by Crippen LogP contribution is 2.31. The maximum absolute atomic E-state index is 5.87. The van der Waals surface area contributed by atoms with Crippen LogP contribution in [0.3, 0.4) is 0 Å². The van der Waals surface area contributed by atoms with Crippen molar-refractivity contribution in [2.24, 2.45) is 0 Å². The molecule has 0 amide bonds. The molecule has 21 heavy (non-hydrogen) atoms. The Labute approximate surface area is 136 Å². The monoisotopic (exact) mass is 368 g/mol. The summed E-state index contributed by atoms with van der Waals surface area (Å²) in [5, 5.41) is 3.89. The minimum Gasteiger partial charge on any atom is -0.486 e. The Hall–Kier alpha value is -1.46. The van der Waals surface area contributed by atoms with Crippen molar-refractivity contribution < 1.29 is 9.47 Å². The smallest absolute Gasteiger partial charge is 0.161 e. The lowest BCUT2D eigenvalue weighted by molar-refractivity contribution is 0.171. The Morgan fingerprint density at radius 1 is 1.19 bits per heavy atom. The van der Waals surface area contributed by atoms with Crippen molar-refractivity contribution in [1.29, 1.82) is 0 Å². The zero-order valence-corrected chi connectivity index (χ0v) is 13.6. The molecule has 0 bridgehead atoms. The molecule has 2 heterocycles. The lowest BCUT2D eigenvalue weighted by atomic mass is 10.1. The van der Waals surface area contributed by atoms with Crippen LogP contribution in [0, 0.1) is 0 Å². The van der Waals surface area contributed by atoms with E-state index in [2.05, 4.69) is 32.3 Å². The number of rotatable bonds is 4. The van der Waals surface area contributed by atoms with Gasteiger partial charge in [-0.1, -0.05) is 17.7 Å². The van der Waals surface area contributed by atoms with Crippen LogP contribution in [-0.4, -0.2) is 24.7 Å². The fourth-order valence-corrected chi connectivity index (χ4v) is 2.89. The molecule has 1 aliphatic heterocycles. The van der Waals surface area contributed by atoms with Gasteiger partial charge in [-0.2, -0.15) is 0 Å². The second-order valence-corrected chi connectivity index (χ2v) is 5.93. The number of anilines is 1. The molecule has 4 nitrogen and oxygen atoms in total. The molecule has 0 saturated carbocycles. The Bertz CT molecular complexity index is 652. The van der Waals surface area contributed by atoms with Gasteiger partial charge in [0.1, 0.15) is 19.0 Å². The number of aromatic nitrogens is 1. The van der Waals surface area contributed by atoms with Crippen LogP contribution in [0.25, 0.3) is 0 Å². The first-order valence-corrected chi connectivity index (χ1v) is 7.83. The molecular weight excluding hydrogens is 356 g/mol. The molecular formula is C15H14BrClN2O2. The van der Waals surface area contributed by atoms with Crippen molar-refractivity contribution >= 4 is 33.3 Å². The summed E-state index contributed by atoms with van der Waals surface area (Å²) >= 11 is 9.31. The van der Waals surface area contributed by atoms with E-state index in [1.807, 2.05) is 18.2 Å². The van der Waals surface area contributed by atoms with E-state index in [0.717, 1.165) is 34.8 Å². The van der Waals surface area contributed by atoms with E-state index < -0.39 is 0 Å². The molecule has 0 atom stereocenters. The third kappa shape index (κ3) is 3.60. The van der Waals surface area contributed by atoms with Gasteiger partial charge in [-0.05, 0) is 46.1 Å². The van der Waals surface area contributed by atoms with E-state index in [1.165, 1.54) is 5.56 Å². The van der Waals surface area contributed by atoms with Crippen LogP contribution in [0.2, 0.25) is 5.02 Å². The Balaban J connectivity index is 1.60. The van der Waals surface area contributed by atoms with Gasteiger partial charge in [-0.3, -0.25) is 0 Å². The predicted octanol–water partition coefficient (Wildman–Crippen LogP) is 3.92. The highest BCUT2D eigenvalue weighted by atomic mass is 79.9. The molecule has 110 valence electrons. The molecule has 0 saturated heterocycles. The third-order valence-corrected chi connectivity index (χ3v) is 3.93. The van der Waals surface area contributed by atoms with E-state index in [9.17, 15) is 0 Å². The lowest BCUT2D eigenvalue weighted by Gasteiger charge is -2.19. The Kier molecular flexibility index (Phi) is 4.51. The van der Waals surface area contributed by atoms with Gasteiger partial charge < -0.3 is 14.8 Å². The lowest BCUT2D eigenvalue weighted by Crippen LogP contribution is -2.15. The number of nitrogens with zero attached hydrogens (tertiary/aromatic N) is 1. The molecule has 6 heteroatoms. The SMILES string of the molecule is Clc1cnc(NCCc2ccc3c(c2)OCCO3)c(Br)c1. The first-order valence-electron chi connectivity index (χ1n) is 6.66. The molecule has 0 unspecified atom stereocenters. The number of pyridine rings is 1. The summed E-state index contributed by atoms with van der Waals surface area (Å²) in [6.07, 6.45) is 2.49. The molecule has 1 aliphatic rings. The summed E-state index contributed by atoms with van der Waals surface area (Å²) in [6.45, 7) is 1.99. The minimum atomic E-state index is 0.607. The van der Waals surface area contributed by atoms with Crippen LogP contribution in [0.15, 0.2) is 34.9 Å². The first kappa shape index (κ1) is 14.5. The fourth-order valence-electron chi connectivity index (χ4n) is 2.11. The predicted molar refractivity (Wildman–Crippen MR) is 86.6 cm³/mol. The number of fused-ring (bicyclic) bond motifs is 1. The number of hydrogen-bond acceptors (Lipinski definition) is 4. The number of hydrogen-bond donors (Lipinski definition) is 1. The first-order chi connectivity index (χ1) is 10.2. The van der Waals surface area contributed by atoms with Crippen molar-refractivity contribution in [3.05, 3.63) is 45.5 Å². The summed E-state index contributed by atoms with van der Waals surface area (Å²) in [5.41, 5.74) is 1.19. The molecule has 0 aliphatic carbocycles. The van der Waals surface area contributed by atoms with Gasteiger partial charge in [-0.15, -0.1) is 0 Å². The van der Waals surface area contributed by atoms with Gasteiger partial charge in [0.15, 0.2) is 11.5 Å². The zero-order chi connectivity index (χ0) is 14.7. The third-order valence-electron chi connectivity index (χ3n) is 3.12. The quantitative estimate of drug-likeness (QED) is 0.887. The average Bonchev–Trinajstić information content (AvgIpc) is 2.49. The molecule has 1 aromatic heterocycles. The maximum Gasteiger partial charge on any atom is 0.161 e. The summed E-state index contributed by atoms with van der Waals surface area (Å²) in [7, 11) is 0. The van der Waals surface area contributed by atoms with Crippen molar-refractivity contribution in [2.45, 2.75) is 6.42 Å². The Morgan fingerprint density at radius 3 is 2.81 bits per heavy atom. The molecule has 1 aromatic carbocycles. The van der Waals surface area contributed by atoms with Gasteiger partial charge in [-0.25, -0.2) is 4.98 Å². The van der Waals surface area contributed by atoms with Gasteiger partial charge in [0, 0.05) is 12.7 Å². The van der Waals surface area contributed by atoms with E-state index in [-0.39, 0.29) is 0 Å². The average molecular weight is 370 g/mol. The van der Waals surface area contributed by atoms with E-state index in [0.29, 0.717) is 18.2 Å². The highest BCUT2D eigenvalue weighted by Gasteiger charge is 2.11. The van der Waals surface area contributed by atoms with Gasteiger partial charge in [0.2, 0.25) is 0 Å². The molecule has 1 N–H and O–H groups in total. The highest BCUT2D eigenvalue weighted by molar-refractivity contribution is 9.10. The summed E-state index contributed by atoms with van der Waals surface area (Å²) in [5.74, 6) is 2.43. The zero-order valence-electron chi connectivity index (χ0n) is 11.2. The number of benzene rings is 1. The molecule has 2 aromatic rings. The van der Waals surface area contributed by atoms with Crippen molar-refractivity contribution in [3.8, 4) is 11.5 Å². The van der Waals surface area contributed by atoms with Crippen LogP contribution < -0.4 is 14.8 Å². The maximum atomic E-state index is 5.87. The van der Waals surface area contributed by atoms with E-state index in [1.54, 1.807) is 6.20 Å². The van der Waals surface area contributed by atoms with Crippen LogP contribution in [0.4, 0.5) is 5.82 Å². The topological polar surface area (TPSA) is 43.4 Å². The summed E-state index contributed by atoms with van der Waals surface area (Å²) in [4.78, 5) is 4.24. The molecule has 3 rings (SSSR count). The number of halogens is 2. The minimum absolute atomic E-state index is 0.607. The van der Waals surface area contributed by atoms with Crippen LogP contribution in [0.5, 0.6) is 11.5 Å². The van der Waals surface area contributed by atoms with Crippen LogP contribution >= 0.6 is 27.5 Å². The van der Waals surface area contributed by atoms with Crippen molar-refractivity contribution in [2.75, 3.05) is 25.1 Å². The van der Waals surface area contributed by atoms with E-state index in [4.69, 9.17) is 21.1 Å². The van der Waals surface area contributed by atoms with Gasteiger partial charge in [0.05, 0.1) is 9.50 Å². The second-order valence-electron chi connectivity index (χ2n) is 4.64. The second kappa shape index (κ2) is 6.54. The summed E-state index contributed by atoms with van der Waals surface area (Å²) < 4.78 is 11.9. The van der Waals surface area contributed by atoms with Crippen LogP contribution in [-0.2, 0) is 6.42 Å². The molecule has 0 fully saturated rings. The number of ether oxygens (including phenoxy) is 2. The largest absolute Gasteiger partial charge is 0.486 e. The van der Waals surface area contributed by atoms with E-state index >= 15 is 0 Å². The normalized spacial score (nSPS) is 13.0. The fraction of sp³-hybridized carbons (Fsp3) is 0.267. The molecule has 0 radical (unpaired) electrons. The van der Waals surface area contributed by atoms with Gasteiger partial charge in [0.25, 0.3) is 0 Å². The molecule has 0 spiro atoms.